The van der Waals surface area contributed by atoms with Crippen molar-refractivity contribution < 1.29 is 4.92 Å². The first-order valence-corrected chi connectivity index (χ1v) is 4.12. The number of anilines is 1. The fourth-order valence-corrected chi connectivity index (χ4v) is 1.48. The summed E-state index contributed by atoms with van der Waals surface area (Å²) in [5, 5.41) is 12.0. The Hall–Kier alpha value is -2.10. The maximum Gasteiger partial charge on any atom is 0.277 e. The Balaban J connectivity index is 2.88. The second-order valence-corrected chi connectivity index (χ2v) is 2.98. The van der Waals surface area contributed by atoms with Gasteiger partial charge in [0.25, 0.3) is 5.69 Å². The molecule has 0 aliphatic heterocycles. The summed E-state index contributed by atoms with van der Waals surface area (Å²) in [6.07, 6.45) is 0. The highest BCUT2D eigenvalue weighted by Gasteiger charge is 2.11. The van der Waals surface area contributed by atoms with Crippen LogP contribution in [-0.2, 0) is 0 Å². The maximum absolute atomic E-state index is 10.7. The van der Waals surface area contributed by atoms with E-state index in [1.54, 1.807) is 30.3 Å². The molecule has 4 nitrogen and oxygen atoms in total. The van der Waals surface area contributed by atoms with Gasteiger partial charge in [-0.1, -0.05) is 18.2 Å². The zero-order chi connectivity index (χ0) is 10.1. The Kier molecular flexibility index (Phi) is 1.81. The van der Waals surface area contributed by atoms with Crippen LogP contribution in [0.15, 0.2) is 36.4 Å². The lowest BCUT2D eigenvalue weighted by Gasteiger charge is -2.01. The first-order chi connectivity index (χ1) is 6.70. The molecule has 0 heterocycles. The highest BCUT2D eigenvalue weighted by atomic mass is 16.6. The molecule has 0 bridgehead atoms. The van der Waals surface area contributed by atoms with Crippen molar-refractivity contribution in [3.8, 4) is 0 Å². The smallest absolute Gasteiger partial charge is 0.277 e. The summed E-state index contributed by atoms with van der Waals surface area (Å²) in [5.74, 6) is 0. The Morgan fingerprint density at radius 3 is 2.43 bits per heavy atom. The van der Waals surface area contributed by atoms with Gasteiger partial charge in [-0.3, -0.25) is 10.1 Å². The molecule has 0 spiro atoms. The maximum atomic E-state index is 10.7. The molecule has 2 rings (SSSR count). The number of hydrogen-bond donors (Lipinski definition) is 1. The van der Waals surface area contributed by atoms with Crippen LogP contribution >= 0.6 is 0 Å². The molecule has 0 radical (unpaired) electrons. The monoisotopic (exact) mass is 188 g/mol. The summed E-state index contributed by atoms with van der Waals surface area (Å²) in [6.45, 7) is 0. The van der Waals surface area contributed by atoms with Gasteiger partial charge in [-0.2, -0.15) is 0 Å². The van der Waals surface area contributed by atoms with Crippen LogP contribution in [0.5, 0.6) is 0 Å². The molecule has 0 unspecified atom stereocenters. The Morgan fingerprint density at radius 2 is 1.71 bits per heavy atom. The molecule has 0 atom stereocenters. The van der Waals surface area contributed by atoms with Gasteiger partial charge in [-0.25, -0.2) is 0 Å². The van der Waals surface area contributed by atoms with Crippen molar-refractivity contribution in [2.24, 2.45) is 0 Å². The van der Waals surface area contributed by atoms with Crippen molar-refractivity contribution >= 4 is 22.1 Å². The third-order valence-electron chi connectivity index (χ3n) is 2.13. The van der Waals surface area contributed by atoms with Crippen molar-refractivity contribution in [3.63, 3.8) is 0 Å². The summed E-state index contributed by atoms with van der Waals surface area (Å²) < 4.78 is 0. The molecular formula is C10H8N2O2. The van der Waals surface area contributed by atoms with Gasteiger partial charge in [0.2, 0.25) is 0 Å². The number of nitrogen functional groups attached to an aromatic ring is 1. The highest BCUT2D eigenvalue weighted by Crippen LogP contribution is 2.28. The van der Waals surface area contributed by atoms with Crippen molar-refractivity contribution in [1.29, 1.82) is 0 Å². The van der Waals surface area contributed by atoms with E-state index in [1.165, 1.54) is 6.07 Å². The molecule has 14 heavy (non-hydrogen) atoms. The van der Waals surface area contributed by atoms with Crippen molar-refractivity contribution in [3.05, 3.63) is 46.5 Å². The van der Waals surface area contributed by atoms with E-state index in [9.17, 15) is 10.1 Å². The lowest BCUT2D eigenvalue weighted by Crippen LogP contribution is -1.91. The number of nitro benzene ring substituents is 1. The first kappa shape index (κ1) is 8.50. The van der Waals surface area contributed by atoms with E-state index in [-0.39, 0.29) is 5.69 Å². The van der Waals surface area contributed by atoms with Crippen molar-refractivity contribution in [2.45, 2.75) is 0 Å². The minimum atomic E-state index is -0.401. The van der Waals surface area contributed by atoms with Gasteiger partial charge in [0.05, 0.1) is 10.3 Å². The predicted molar refractivity (Wildman–Crippen MR) is 55.0 cm³/mol. The number of nitro groups is 1. The van der Waals surface area contributed by atoms with E-state index in [0.29, 0.717) is 11.1 Å². The molecule has 4 heteroatoms. The normalized spacial score (nSPS) is 10.3. The Morgan fingerprint density at radius 1 is 1.07 bits per heavy atom. The molecule has 70 valence electrons. The van der Waals surface area contributed by atoms with Crippen molar-refractivity contribution in [2.75, 3.05) is 5.73 Å². The van der Waals surface area contributed by atoms with Gasteiger partial charge < -0.3 is 5.73 Å². The number of nitrogens with zero attached hydrogens (tertiary/aromatic N) is 1. The minimum Gasteiger partial charge on any atom is -0.398 e. The van der Waals surface area contributed by atoms with Crippen LogP contribution in [0.25, 0.3) is 10.8 Å². The van der Waals surface area contributed by atoms with Crippen LogP contribution in [0.2, 0.25) is 0 Å². The second-order valence-electron chi connectivity index (χ2n) is 2.98. The van der Waals surface area contributed by atoms with Gasteiger partial charge in [-0.05, 0) is 12.1 Å². The molecule has 0 amide bonds. The third kappa shape index (κ3) is 1.17. The van der Waals surface area contributed by atoms with E-state index in [2.05, 4.69) is 0 Å². The Labute approximate surface area is 80.1 Å². The largest absolute Gasteiger partial charge is 0.398 e. The van der Waals surface area contributed by atoms with E-state index >= 15 is 0 Å². The predicted octanol–water partition coefficient (Wildman–Crippen LogP) is 2.33. The summed E-state index contributed by atoms with van der Waals surface area (Å²) >= 11 is 0. The molecule has 0 aromatic heterocycles. The minimum absolute atomic E-state index is 0.0924. The fourth-order valence-electron chi connectivity index (χ4n) is 1.48. The number of rotatable bonds is 1. The molecule has 2 aromatic carbocycles. The average Bonchev–Trinajstić information content (AvgIpc) is 2.17. The van der Waals surface area contributed by atoms with Gasteiger partial charge in [0, 0.05) is 17.1 Å². The Bertz CT molecular complexity index is 508. The average molecular weight is 188 g/mol. The fraction of sp³-hybridized carbons (Fsp3) is 0. The lowest BCUT2D eigenvalue weighted by atomic mass is 10.1. The zero-order valence-corrected chi connectivity index (χ0v) is 7.31. The topological polar surface area (TPSA) is 69.2 Å². The highest BCUT2D eigenvalue weighted by molar-refractivity contribution is 5.98. The molecule has 0 saturated carbocycles. The van der Waals surface area contributed by atoms with Crippen LogP contribution in [0, 0.1) is 10.1 Å². The SMILES string of the molecule is Nc1cccc2c([N+](=O)[O-])cccc12. The van der Waals surface area contributed by atoms with Crippen LogP contribution in [0.4, 0.5) is 11.4 Å². The number of hydrogen-bond acceptors (Lipinski definition) is 3. The van der Waals surface area contributed by atoms with Gasteiger partial charge >= 0.3 is 0 Å². The number of fused-ring (bicyclic) bond motifs is 1. The summed E-state index contributed by atoms with van der Waals surface area (Å²) in [5.41, 5.74) is 6.36. The molecule has 0 aliphatic rings. The van der Waals surface area contributed by atoms with Gasteiger partial charge in [-0.15, -0.1) is 0 Å². The van der Waals surface area contributed by atoms with Gasteiger partial charge in [0.1, 0.15) is 0 Å². The summed E-state index contributed by atoms with van der Waals surface area (Å²) in [6, 6.07) is 10.0. The lowest BCUT2D eigenvalue weighted by molar-refractivity contribution is -0.383. The number of nitrogens with two attached hydrogens (primary N) is 1. The molecule has 2 N–H and O–H groups in total. The molecular weight excluding hydrogens is 180 g/mol. The molecule has 0 saturated heterocycles. The summed E-state index contributed by atoms with van der Waals surface area (Å²) in [7, 11) is 0. The van der Waals surface area contributed by atoms with E-state index in [4.69, 9.17) is 5.73 Å². The third-order valence-corrected chi connectivity index (χ3v) is 2.13. The van der Waals surface area contributed by atoms with Crippen molar-refractivity contribution in [1.82, 2.24) is 0 Å². The van der Waals surface area contributed by atoms with Gasteiger partial charge in [0.15, 0.2) is 0 Å². The van der Waals surface area contributed by atoms with Crippen LogP contribution in [-0.4, -0.2) is 4.92 Å². The van der Waals surface area contributed by atoms with Crippen LogP contribution < -0.4 is 5.73 Å². The second kappa shape index (κ2) is 2.99. The molecule has 0 aliphatic carbocycles. The zero-order valence-electron chi connectivity index (χ0n) is 7.31. The quantitative estimate of drug-likeness (QED) is 0.424. The number of non-ortho nitro benzene ring substituents is 1. The van der Waals surface area contributed by atoms with E-state index in [1.807, 2.05) is 0 Å². The number of benzene rings is 2. The molecule has 2 aromatic rings. The van der Waals surface area contributed by atoms with Crippen LogP contribution in [0.1, 0.15) is 0 Å². The summed E-state index contributed by atoms with van der Waals surface area (Å²) in [4.78, 5) is 10.3. The van der Waals surface area contributed by atoms with Crippen LogP contribution in [0.3, 0.4) is 0 Å². The first-order valence-electron chi connectivity index (χ1n) is 4.12. The molecule has 0 fully saturated rings. The van der Waals surface area contributed by atoms with E-state index in [0.717, 1.165) is 5.39 Å². The standard InChI is InChI=1S/C10H8N2O2/c11-9-5-1-4-8-7(9)3-2-6-10(8)12(13)14/h1-6H,11H2. The van der Waals surface area contributed by atoms with E-state index < -0.39 is 4.92 Å².